The molecule has 0 aliphatic carbocycles. The average molecular weight is 227 g/mol. The summed E-state index contributed by atoms with van der Waals surface area (Å²) in [6.07, 6.45) is 0. The molecule has 80 valence electrons. The Morgan fingerprint density at radius 1 is 1.38 bits per heavy atom. The van der Waals surface area contributed by atoms with Gasteiger partial charge in [0.15, 0.2) is 0 Å². The van der Waals surface area contributed by atoms with E-state index in [1.165, 1.54) is 0 Å². The van der Waals surface area contributed by atoms with E-state index in [0.29, 0.717) is 11.5 Å². The van der Waals surface area contributed by atoms with Crippen LogP contribution >= 0.6 is 0 Å². The minimum Gasteiger partial charge on any atom is -0.260 e. The highest BCUT2D eigenvalue weighted by molar-refractivity contribution is 7.90. The van der Waals surface area contributed by atoms with Crippen LogP contribution in [0, 0.1) is 0 Å². The highest BCUT2D eigenvalue weighted by Gasteiger charge is 2.14. The minimum atomic E-state index is -3.19. The molecule has 0 radical (unpaired) electrons. The first-order valence-electron chi connectivity index (χ1n) is 4.23. The molecule has 0 amide bonds. The van der Waals surface area contributed by atoms with E-state index >= 15 is 0 Å². The van der Waals surface area contributed by atoms with E-state index in [2.05, 4.69) is 4.72 Å². The summed E-state index contributed by atoms with van der Waals surface area (Å²) >= 11 is 0. The van der Waals surface area contributed by atoms with Gasteiger partial charge in [-0.25, -0.2) is 13.1 Å². The lowest BCUT2D eigenvalue weighted by Crippen LogP contribution is -2.33. The van der Waals surface area contributed by atoms with Crippen LogP contribution in [-0.2, 0) is 20.8 Å². The van der Waals surface area contributed by atoms with Crippen molar-refractivity contribution >= 4 is 20.8 Å². The van der Waals surface area contributed by atoms with E-state index in [4.69, 9.17) is 0 Å². The first-order valence-corrected chi connectivity index (χ1v) is 7.27. The summed E-state index contributed by atoms with van der Waals surface area (Å²) in [7, 11) is -4.09. The third kappa shape index (κ3) is 5.38. The highest BCUT2D eigenvalue weighted by atomic mass is 32.2. The maximum atomic E-state index is 11.2. The first kappa shape index (κ1) is 13.1. The van der Waals surface area contributed by atoms with Gasteiger partial charge in [-0.05, 0) is 13.8 Å². The van der Waals surface area contributed by atoms with E-state index in [1.54, 1.807) is 13.8 Å². The predicted octanol–water partition coefficient (Wildman–Crippen LogP) is 0.0828. The van der Waals surface area contributed by atoms with Gasteiger partial charge in [0.05, 0.1) is 5.25 Å². The Hall–Kier alpha value is 0.0600. The van der Waals surface area contributed by atoms with Crippen LogP contribution in [-0.4, -0.2) is 35.9 Å². The Labute approximate surface area is 82.6 Å². The molecule has 0 fully saturated rings. The molecule has 0 bridgehead atoms. The Balaban J connectivity index is 3.84. The molecule has 0 saturated carbocycles. The molecule has 0 heterocycles. The second-order valence-electron chi connectivity index (χ2n) is 2.92. The molecule has 1 atom stereocenters. The highest BCUT2D eigenvalue weighted by Crippen LogP contribution is 1.94. The van der Waals surface area contributed by atoms with Crippen LogP contribution in [0.2, 0.25) is 0 Å². The molecule has 0 aliphatic rings. The Morgan fingerprint density at radius 3 is 2.31 bits per heavy atom. The van der Waals surface area contributed by atoms with Gasteiger partial charge in [-0.1, -0.05) is 6.92 Å². The van der Waals surface area contributed by atoms with Gasteiger partial charge in [0.2, 0.25) is 10.0 Å². The lowest BCUT2D eigenvalue weighted by Gasteiger charge is -2.08. The number of nitrogens with one attached hydrogen (secondary N) is 1. The first-order chi connectivity index (χ1) is 5.90. The standard InChI is InChI=1S/C7H17NO3S2/c1-4-12(9)6-5-8-13(10,11)7(2)3/h7-8H,4-6H2,1-3H3. The zero-order valence-corrected chi connectivity index (χ0v) is 9.87. The van der Waals surface area contributed by atoms with Crippen molar-refractivity contribution in [2.75, 3.05) is 18.1 Å². The summed E-state index contributed by atoms with van der Waals surface area (Å²) in [4.78, 5) is 0. The maximum Gasteiger partial charge on any atom is 0.213 e. The molecular weight excluding hydrogens is 210 g/mol. The van der Waals surface area contributed by atoms with Gasteiger partial charge >= 0.3 is 0 Å². The van der Waals surface area contributed by atoms with E-state index < -0.39 is 26.1 Å². The summed E-state index contributed by atoms with van der Waals surface area (Å²) < 4.78 is 35.7. The third-order valence-electron chi connectivity index (χ3n) is 1.58. The van der Waals surface area contributed by atoms with Crippen LogP contribution < -0.4 is 4.72 Å². The van der Waals surface area contributed by atoms with Gasteiger partial charge < -0.3 is 0 Å². The largest absolute Gasteiger partial charge is 0.260 e. The lowest BCUT2D eigenvalue weighted by molar-refractivity contribution is 0.575. The molecule has 0 spiro atoms. The van der Waals surface area contributed by atoms with E-state index in [-0.39, 0.29) is 6.54 Å². The van der Waals surface area contributed by atoms with Crippen LogP contribution in [0.3, 0.4) is 0 Å². The fourth-order valence-electron chi connectivity index (χ4n) is 0.609. The van der Waals surface area contributed by atoms with Gasteiger partial charge in [-0.3, -0.25) is 4.21 Å². The summed E-state index contributed by atoms with van der Waals surface area (Å²) in [6.45, 7) is 5.30. The topological polar surface area (TPSA) is 63.2 Å². The smallest absolute Gasteiger partial charge is 0.213 e. The number of rotatable bonds is 6. The molecule has 0 saturated heterocycles. The molecule has 1 unspecified atom stereocenters. The van der Waals surface area contributed by atoms with Crippen LogP contribution in [0.4, 0.5) is 0 Å². The van der Waals surface area contributed by atoms with Gasteiger partial charge in [0, 0.05) is 28.9 Å². The molecule has 13 heavy (non-hydrogen) atoms. The van der Waals surface area contributed by atoms with Gasteiger partial charge in [0.25, 0.3) is 0 Å². The zero-order valence-electron chi connectivity index (χ0n) is 8.24. The minimum absolute atomic E-state index is 0.265. The van der Waals surface area contributed by atoms with Crippen molar-refractivity contribution in [1.29, 1.82) is 0 Å². The zero-order chi connectivity index (χ0) is 10.5. The summed E-state index contributed by atoms with van der Waals surface area (Å²) in [5, 5.41) is -0.428. The van der Waals surface area contributed by atoms with E-state index in [0.717, 1.165) is 0 Å². The molecular formula is C7H17NO3S2. The van der Waals surface area contributed by atoms with Crippen molar-refractivity contribution < 1.29 is 12.6 Å². The summed E-state index contributed by atoms with van der Waals surface area (Å²) in [6, 6.07) is 0. The van der Waals surface area contributed by atoms with Crippen LogP contribution in [0.1, 0.15) is 20.8 Å². The second-order valence-corrected chi connectivity index (χ2v) is 7.11. The van der Waals surface area contributed by atoms with Crippen LogP contribution in [0.5, 0.6) is 0 Å². The molecule has 0 rings (SSSR count). The number of hydrogen-bond donors (Lipinski definition) is 1. The average Bonchev–Trinajstić information content (AvgIpc) is 2.03. The Morgan fingerprint density at radius 2 is 1.92 bits per heavy atom. The number of hydrogen-bond acceptors (Lipinski definition) is 3. The van der Waals surface area contributed by atoms with E-state index in [9.17, 15) is 12.6 Å². The molecule has 1 N–H and O–H groups in total. The maximum absolute atomic E-state index is 11.2. The monoisotopic (exact) mass is 227 g/mol. The van der Waals surface area contributed by atoms with Crippen molar-refractivity contribution in [2.45, 2.75) is 26.0 Å². The van der Waals surface area contributed by atoms with Crippen molar-refractivity contribution in [1.82, 2.24) is 4.72 Å². The lowest BCUT2D eigenvalue weighted by atomic mass is 10.6. The van der Waals surface area contributed by atoms with Crippen LogP contribution in [0.15, 0.2) is 0 Å². The number of sulfonamides is 1. The van der Waals surface area contributed by atoms with Crippen molar-refractivity contribution in [2.24, 2.45) is 0 Å². The second kappa shape index (κ2) is 5.72. The molecule has 0 aliphatic heterocycles. The van der Waals surface area contributed by atoms with Gasteiger partial charge in [-0.2, -0.15) is 0 Å². The fourth-order valence-corrected chi connectivity index (χ4v) is 2.08. The van der Waals surface area contributed by atoms with Gasteiger partial charge in [-0.15, -0.1) is 0 Å². The van der Waals surface area contributed by atoms with Crippen molar-refractivity contribution in [3.63, 3.8) is 0 Å². The third-order valence-corrected chi connectivity index (χ3v) is 4.73. The fraction of sp³-hybridized carbons (Fsp3) is 1.00. The Bertz CT molecular complexity index is 259. The quantitative estimate of drug-likeness (QED) is 0.699. The SMILES string of the molecule is CCS(=O)CCNS(=O)(=O)C(C)C. The van der Waals surface area contributed by atoms with Crippen LogP contribution in [0.25, 0.3) is 0 Å². The molecule has 4 nitrogen and oxygen atoms in total. The predicted molar refractivity (Wildman–Crippen MR) is 55.6 cm³/mol. The molecule has 6 heteroatoms. The Kier molecular flexibility index (Phi) is 5.75. The van der Waals surface area contributed by atoms with Crippen molar-refractivity contribution in [3.8, 4) is 0 Å². The van der Waals surface area contributed by atoms with Crippen molar-refractivity contribution in [3.05, 3.63) is 0 Å². The molecule has 0 aromatic heterocycles. The van der Waals surface area contributed by atoms with Gasteiger partial charge in [0.1, 0.15) is 0 Å². The molecule has 0 aromatic rings. The normalized spacial score (nSPS) is 14.8. The van der Waals surface area contributed by atoms with E-state index in [1.807, 2.05) is 6.92 Å². The summed E-state index contributed by atoms with van der Waals surface area (Å²) in [5.74, 6) is 0.964. The summed E-state index contributed by atoms with van der Waals surface area (Å²) in [5.41, 5.74) is 0. The molecule has 0 aromatic carbocycles.